The molecule has 0 aliphatic heterocycles. The van der Waals surface area contributed by atoms with E-state index in [9.17, 15) is 10.1 Å². The summed E-state index contributed by atoms with van der Waals surface area (Å²) in [5.74, 6) is 1.78. The summed E-state index contributed by atoms with van der Waals surface area (Å²) in [6, 6.07) is 6.92. The molecule has 0 N–H and O–H groups in total. The molecule has 0 aromatic heterocycles. The number of para-hydroxylation sites is 1. The van der Waals surface area contributed by atoms with Crippen molar-refractivity contribution in [2.24, 2.45) is 0 Å². The highest BCUT2D eigenvalue weighted by molar-refractivity contribution is 5.58. The van der Waals surface area contributed by atoms with Crippen molar-refractivity contribution in [3.8, 4) is 11.5 Å². The van der Waals surface area contributed by atoms with Crippen LogP contribution in [0.2, 0.25) is 0 Å². The van der Waals surface area contributed by atoms with Gasteiger partial charge in [-0.1, -0.05) is 18.2 Å². The summed E-state index contributed by atoms with van der Waals surface area (Å²) in [5.41, 5.74) is 5.29. The van der Waals surface area contributed by atoms with Gasteiger partial charge >= 0.3 is 0 Å². The molecule has 0 bridgehead atoms. The SMILES string of the molecule is COc1c(C)c(C)c(OC)c(CCCc2ccccc2[N+](=O)[O-])c1C. The number of ether oxygens (including phenoxy) is 2. The fourth-order valence-electron chi connectivity index (χ4n) is 3.39. The molecule has 0 aliphatic carbocycles. The van der Waals surface area contributed by atoms with E-state index in [0.717, 1.165) is 52.2 Å². The molecule has 0 fully saturated rings. The zero-order chi connectivity index (χ0) is 18.6. The lowest BCUT2D eigenvalue weighted by Crippen LogP contribution is -2.05. The number of nitrogens with zero attached hydrogens (tertiary/aromatic N) is 1. The zero-order valence-electron chi connectivity index (χ0n) is 15.5. The van der Waals surface area contributed by atoms with E-state index in [2.05, 4.69) is 0 Å². The van der Waals surface area contributed by atoms with Crippen LogP contribution in [0.5, 0.6) is 11.5 Å². The predicted octanol–water partition coefficient (Wildman–Crippen LogP) is 4.71. The molecule has 5 nitrogen and oxygen atoms in total. The fraction of sp³-hybridized carbons (Fsp3) is 0.400. The first-order valence-electron chi connectivity index (χ1n) is 8.35. The number of aryl methyl sites for hydroxylation is 1. The summed E-state index contributed by atoms with van der Waals surface area (Å²) in [6.07, 6.45) is 2.22. The van der Waals surface area contributed by atoms with Crippen molar-refractivity contribution in [1.29, 1.82) is 0 Å². The molecule has 2 aromatic carbocycles. The largest absolute Gasteiger partial charge is 0.496 e. The standard InChI is InChI=1S/C20H25NO4/c1-13-14(2)20(25-5)17(15(3)19(13)24-4)11-8-10-16-9-6-7-12-18(16)21(22)23/h6-7,9,12H,8,10-11H2,1-5H3. The molecule has 2 rings (SSSR count). The first-order valence-corrected chi connectivity index (χ1v) is 8.35. The number of methoxy groups -OCH3 is 2. The minimum atomic E-state index is -0.319. The third-order valence-electron chi connectivity index (χ3n) is 4.78. The molecule has 0 heterocycles. The van der Waals surface area contributed by atoms with E-state index in [1.54, 1.807) is 26.4 Å². The normalized spacial score (nSPS) is 10.6. The number of rotatable bonds is 7. The van der Waals surface area contributed by atoms with Crippen LogP contribution in [-0.4, -0.2) is 19.1 Å². The second-order valence-electron chi connectivity index (χ2n) is 6.16. The highest BCUT2D eigenvalue weighted by atomic mass is 16.6. The van der Waals surface area contributed by atoms with Gasteiger partial charge in [0, 0.05) is 17.2 Å². The average molecular weight is 343 g/mol. The van der Waals surface area contributed by atoms with Crippen molar-refractivity contribution in [3.05, 3.63) is 62.2 Å². The molecule has 0 aliphatic rings. The molecule has 0 atom stereocenters. The van der Waals surface area contributed by atoms with Crippen molar-refractivity contribution >= 4 is 5.69 Å². The second kappa shape index (κ2) is 8.01. The second-order valence-corrected chi connectivity index (χ2v) is 6.16. The Labute approximate surface area is 148 Å². The Bertz CT molecular complexity index is 784. The van der Waals surface area contributed by atoms with Gasteiger partial charge in [-0.25, -0.2) is 0 Å². The maximum Gasteiger partial charge on any atom is 0.272 e. The Morgan fingerprint density at radius 3 is 2.12 bits per heavy atom. The smallest absolute Gasteiger partial charge is 0.272 e. The number of hydrogen-bond acceptors (Lipinski definition) is 4. The molecule has 134 valence electrons. The average Bonchev–Trinajstić information content (AvgIpc) is 2.60. The van der Waals surface area contributed by atoms with E-state index in [1.165, 1.54) is 0 Å². The van der Waals surface area contributed by atoms with Crippen LogP contribution in [0.15, 0.2) is 24.3 Å². The third-order valence-corrected chi connectivity index (χ3v) is 4.78. The molecule has 5 heteroatoms. The van der Waals surface area contributed by atoms with Gasteiger partial charge in [0.15, 0.2) is 0 Å². The van der Waals surface area contributed by atoms with Gasteiger partial charge in [-0.2, -0.15) is 0 Å². The molecule has 0 unspecified atom stereocenters. The topological polar surface area (TPSA) is 61.6 Å². The molecular formula is C20H25NO4. The minimum Gasteiger partial charge on any atom is -0.496 e. The first-order chi connectivity index (χ1) is 11.9. The number of benzene rings is 2. The zero-order valence-corrected chi connectivity index (χ0v) is 15.5. The van der Waals surface area contributed by atoms with Gasteiger partial charge in [0.25, 0.3) is 5.69 Å². The highest BCUT2D eigenvalue weighted by Crippen LogP contribution is 2.38. The summed E-state index contributed by atoms with van der Waals surface area (Å²) in [4.78, 5) is 10.8. The lowest BCUT2D eigenvalue weighted by atomic mass is 9.93. The van der Waals surface area contributed by atoms with Crippen LogP contribution in [0.3, 0.4) is 0 Å². The third kappa shape index (κ3) is 3.76. The molecule has 0 spiro atoms. The lowest BCUT2D eigenvalue weighted by Gasteiger charge is -2.20. The van der Waals surface area contributed by atoms with Crippen molar-refractivity contribution in [2.75, 3.05) is 14.2 Å². The van der Waals surface area contributed by atoms with Crippen LogP contribution >= 0.6 is 0 Å². The van der Waals surface area contributed by atoms with E-state index < -0.39 is 0 Å². The number of nitro groups is 1. The van der Waals surface area contributed by atoms with Crippen molar-refractivity contribution in [3.63, 3.8) is 0 Å². The van der Waals surface area contributed by atoms with Crippen LogP contribution in [-0.2, 0) is 12.8 Å². The van der Waals surface area contributed by atoms with E-state index in [-0.39, 0.29) is 10.6 Å². The van der Waals surface area contributed by atoms with E-state index in [4.69, 9.17) is 9.47 Å². The van der Waals surface area contributed by atoms with Gasteiger partial charge in [0.1, 0.15) is 11.5 Å². The molecule has 25 heavy (non-hydrogen) atoms. The monoisotopic (exact) mass is 343 g/mol. The van der Waals surface area contributed by atoms with Crippen molar-refractivity contribution in [1.82, 2.24) is 0 Å². The number of nitro benzene ring substituents is 1. The summed E-state index contributed by atoms with van der Waals surface area (Å²) in [6.45, 7) is 6.09. The summed E-state index contributed by atoms with van der Waals surface area (Å²) < 4.78 is 11.2. The molecule has 0 saturated heterocycles. The van der Waals surface area contributed by atoms with Crippen LogP contribution < -0.4 is 9.47 Å². The Morgan fingerprint density at radius 2 is 1.52 bits per heavy atom. The van der Waals surface area contributed by atoms with Crippen LogP contribution in [0.1, 0.15) is 34.2 Å². The summed E-state index contributed by atoms with van der Waals surface area (Å²) in [5, 5.41) is 11.1. The van der Waals surface area contributed by atoms with Gasteiger partial charge in [0.2, 0.25) is 0 Å². The minimum absolute atomic E-state index is 0.184. The Morgan fingerprint density at radius 1 is 0.920 bits per heavy atom. The maximum atomic E-state index is 11.1. The molecule has 0 radical (unpaired) electrons. The summed E-state index contributed by atoms with van der Waals surface area (Å²) >= 11 is 0. The van der Waals surface area contributed by atoms with Crippen LogP contribution in [0.25, 0.3) is 0 Å². The summed E-state index contributed by atoms with van der Waals surface area (Å²) in [7, 11) is 3.36. The molecule has 2 aromatic rings. The Balaban J connectivity index is 2.27. The van der Waals surface area contributed by atoms with Crippen LogP contribution in [0, 0.1) is 30.9 Å². The molecule has 0 amide bonds. The van der Waals surface area contributed by atoms with Crippen molar-refractivity contribution < 1.29 is 14.4 Å². The molecular weight excluding hydrogens is 318 g/mol. The van der Waals surface area contributed by atoms with Gasteiger partial charge in [-0.3, -0.25) is 10.1 Å². The van der Waals surface area contributed by atoms with Gasteiger partial charge in [-0.05, 0) is 56.7 Å². The molecule has 0 saturated carbocycles. The predicted molar refractivity (Wildman–Crippen MR) is 98.9 cm³/mol. The van der Waals surface area contributed by atoms with Gasteiger partial charge in [0.05, 0.1) is 19.1 Å². The first kappa shape index (κ1) is 18.8. The van der Waals surface area contributed by atoms with Gasteiger partial charge in [-0.15, -0.1) is 0 Å². The van der Waals surface area contributed by atoms with Gasteiger partial charge < -0.3 is 9.47 Å². The van der Waals surface area contributed by atoms with E-state index >= 15 is 0 Å². The van der Waals surface area contributed by atoms with E-state index in [0.29, 0.717) is 6.42 Å². The van der Waals surface area contributed by atoms with Crippen LogP contribution in [0.4, 0.5) is 5.69 Å². The Hall–Kier alpha value is -2.56. The maximum absolute atomic E-state index is 11.1. The Kier molecular flexibility index (Phi) is 6.02. The van der Waals surface area contributed by atoms with E-state index in [1.807, 2.05) is 32.9 Å². The fourth-order valence-corrected chi connectivity index (χ4v) is 3.39. The number of hydrogen-bond donors (Lipinski definition) is 0. The quantitative estimate of drug-likeness (QED) is 0.539. The highest BCUT2D eigenvalue weighted by Gasteiger charge is 2.19. The lowest BCUT2D eigenvalue weighted by molar-refractivity contribution is -0.385. The van der Waals surface area contributed by atoms with Crippen molar-refractivity contribution in [2.45, 2.75) is 40.0 Å².